The van der Waals surface area contributed by atoms with Gasteiger partial charge >= 0.3 is 6.03 Å². The number of aryl methyl sites for hydroxylation is 1. The lowest BCUT2D eigenvalue weighted by atomic mass is 9.91. The second-order valence-corrected chi connectivity index (χ2v) is 6.75. The van der Waals surface area contributed by atoms with Gasteiger partial charge < -0.3 is 9.64 Å². The Morgan fingerprint density at radius 1 is 1.33 bits per heavy atom. The fraction of sp³-hybridized carbons (Fsp3) is 0.350. The van der Waals surface area contributed by atoms with Crippen LogP contribution >= 0.6 is 0 Å². The molecule has 1 aromatic heterocycles. The highest BCUT2D eigenvalue weighted by Crippen LogP contribution is 2.26. The summed E-state index contributed by atoms with van der Waals surface area (Å²) in [5, 5.41) is 2.75. The molecule has 1 fully saturated rings. The minimum atomic E-state index is -0.230. The van der Waals surface area contributed by atoms with Gasteiger partial charge in [0, 0.05) is 13.1 Å². The van der Waals surface area contributed by atoms with Crippen LogP contribution in [0.1, 0.15) is 24.5 Å². The number of likely N-dealkylation sites (tertiary alicyclic amines) is 1. The van der Waals surface area contributed by atoms with E-state index in [1.807, 2.05) is 19.1 Å². The van der Waals surface area contributed by atoms with E-state index in [4.69, 9.17) is 4.74 Å². The Morgan fingerprint density at radius 2 is 2.15 bits per heavy atom. The number of hydrogen-bond acceptors (Lipinski definition) is 4. The summed E-state index contributed by atoms with van der Waals surface area (Å²) in [4.78, 5) is 22.3. The summed E-state index contributed by atoms with van der Waals surface area (Å²) in [6.07, 6.45) is 5.70. The number of urea groups is 1. The van der Waals surface area contributed by atoms with Gasteiger partial charge in [-0.2, -0.15) is 0 Å². The summed E-state index contributed by atoms with van der Waals surface area (Å²) >= 11 is 0. The molecule has 0 aliphatic carbocycles. The Labute approximate surface area is 158 Å². The molecule has 1 atom stereocenters. The first-order valence-electron chi connectivity index (χ1n) is 8.84. The van der Waals surface area contributed by atoms with Crippen molar-refractivity contribution in [3.8, 4) is 5.88 Å². The Balaban J connectivity index is 1.63. The van der Waals surface area contributed by atoms with Gasteiger partial charge in [0.25, 0.3) is 0 Å². The van der Waals surface area contributed by atoms with Crippen LogP contribution in [-0.2, 0) is 0 Å². The molecule has 0 spiro atoms. The molecule has 2 aromatic rings. The molecule has 3 rings (SSSR count). The highest BCUT2D eigenvalue weighted by atomic mass is 19.1. The van der Waals surface area contributed by atoms with Crippen molar-refractivity contribution in [1.29, 1.82) is 0 Å². The third kappa shape index (κ3) is 4.81. The van der Waals surface area contributed by atoms with Crippen LogP contribution in [0, 0.1) is 18.7 Å². The number of anilines is 1. The second kappa shape index (κ2) is 8.16. The standard InChI is InChI=1S/C20H23FN4O2/c1-13-6-15(9-17(21)7-13)8-16-4-5-25(12-14(16)2)20(26)24-18-10-23-19(27-3)11-22-18/h6-11,14H,4-5,12H2,1-3H3,(H,22,24,26)/b16-8+. The summed E-state index contributed by atoms with van der Waals surface area (Å²) < 4.78 is 18.5. The highest BCUT2D eigenvalue weighted by molar-refractivity contribution is 5.88. The van der Waals surface area contributed by atoms with Crippen molar-refractivity contribution in [2.45, 2.75) is 20.3 Å². The molecule has 1 aliphatic heterocycles. The van der Waals surface area contributed by atoms with Crippen molar-refractivity contribution < 1.29 is 13.9 Å². The van der Waals surface area contributed by atoms with E-state index in [0.717, 1.165) is 17.5 Å². The third-order valence-corrected chi connectivity index (χ3v) is 4.57. The molecule has 1 unspecified atom stereocenters. The summed E-state index contributed by atoms with van der Waals surface area (Å²) in [6.45, 7) is 5.14. The Kier molecular flexibility index (Phi) is 5.69. The Bertz CT molecular complexity index is 831. The number of ether oxygens (including phenoxy) is 1. The molecule has 7 heteroatoms. The number of nitrogens with zero attached hydrogens (tertiary/aromatic N) is 3. The topological polar surface area (TPSA) is 67.3 Å². The number of nitrogens with one attached hydrogen (secondary N) is 1. The van der Waals surface area contributed by atoms with Gasteiger partial charge in [-0.1, -0.05) is 24.6 Å². The number of methoxy groups -OCH3 is 1. The number of piperidine rings is 1. The van der Waals surface area contributed by atoms with E-state index in [0.29, 0.717) is 24.8 Å². The number of hydrogen-bond donors (Lipinski definition) is 1. The number of amides is 2. The SMILES string of the molecule is COc1cnc(NC(=O)N2CC/C(=C\c3cc(C)cc(F)c3)C(C)C2)cn1. The van der Waals surface area contributed by atoms with Crippen LogP contribution in [0.4, 0.5) is 15.0 Å². The van der Waals surface area contributed by atoms with Crippen molar-refractivity contribution in [2.75, 3.05) is 25.5 Å². The van der Waals surface area contributed by atoms with E-state index < -0.39 is 0 Å². The lowest BCUT2D eigenvalue weighted by Crippen LogP contribution is -2.42. The number of halogens is 1. The maximum absolute atomic E-state index is 13.6. The van der Waals surface area contributed by atoms with Crippen molar-refractivity contribution in [3.63, 3.8) is 0 Å². The maximum Gasteiger partial charge on any atom is 0.323 e. The maximum atomic E-state index is 13.6. The molecule has 6 nitrogen and oxygen atoms in total. The second-order valence-electron chi connectivity index (χ2n) is 6.75. The van der Waals surface area contributed by atoms with Crippen molar-refractivity contribution in [3.05, 3.63) is 53.1 Å². The van der Waals surface area contributed by atoms with Gasteiger partial charge in [0.2, 0.25) is 5.88 Å². The zero-order valence-electron chi connectivity index (χ0n) is 15.7. The summed E-state index contributed by atoms with van der Waals surface area (Å²) in [5.74, 6) is 0.730. The minimum Gasteiger partial charge on any atom is -0.480 e. The number of rotatable bonds is 3. The first-order chi connectivity index (χ1) is 12.9. The van der Waals surface area contributed by atoms with Gasteiger partial charge in [-0.05, 0) is 42.5 Å². The monoisotopic (exact) mass is 370 g/mol. The minimum absolute atomic E-state index is 0.190. The van der Waals surface area contributed by atoms with Crippen molar-refractivity contribution in [2.24, 2.45) is 5.92 Å². The average molecular weight is 370 g/mol. The van der Waals surface area contributed by atoms with Crippen molar-refractivity contribution in [1.82, 2.24) is 14.9 Å². The normalized spacial score (nSPS) is 18.4. The van der Waals surface area contributed by atoms with E-state index in [1.165, 1.54) is 37.2 Å². The molecular weight excluding hydrogens is 347 g/mol. The first kappa shape index (κ1) is 18.8. The highest BCUT2D eigenvalue weighted by Gasteiger charge is 2.24. The molecule has 1 aromatic carbocycles. The smallest absolute Gasteiger partial charge is 0.323 e. The Hall–Kier alpha value is -2.96. The van der Waals surface area contributed by atoms with Crippen molar-refractivity contribution >= 4 is 17.9 Å². The molecule has 142 valence electrons. The lowest BCUT2D eigenvalue weighted by Gasteiger charge is -2.33. The molecular formula is C20H23FN4O2. The van der Waals surface area contributed by atoms with Gasteiger partial charge in [0.1, 0.15) is 5.82 Å². The number of carbonyl (C=O) groups excluding carboxylic acids is 1. The van der Waals surface area contributed by atoms with Gasteiger partial charge in [-0.3, -0.25) is 5.32 Å². The zero-order chi connectivity index (χ0) is 19.4. The van der Waals surface area contributed by atoms with Crippen LogP contribution in [0.25, 0.3) is 6.08 Å². The fourth-order valence-electron chi connectivity index (χ4n) is 3.19. The van der Waals surface area contributed by atoms with Crippen LogP contribution in [-0.4, -0.2) is 41.1 Å². The molecule has 27 heavy (non-hydrogen) atoms. The van der Waals surface area contributed by atoms with Gasteiger partial charge in [0.15, 0.2) is 5.82 Å². The van der Waals surface area contributed by atoms with Crippen LogP contribution in [0.2, 0.25) is 0 Å². The van der Waals surface area contributed by atoms with E-state index >= 15 is 0 Å². The summed E-state index contributed by atoms with van der Waals surface area (Å²) in [6, 6.07) is 4.81. The molecule has 1 aliphatic rings. The van der Waals surface area contributed by atoms with Crippen LogP contribution in [0.3, 0.4) is 0 Å². The van der Waals surface area contributed by atoms with E-state index in [9.17, 15) is 9.18 Å². The summed E-state index contributed by atoms with van der Waals surface area (Å²) in [7, 11) is 1.51. The van der Waals surface area contributed by atoms with Crippen LogP contribution in [0.15, 0.2) is 36.2 Å². The Morgan fingerprint density at radius 3 is 2.78 bits per heavy atom. The molecule has 2 amide bonds. The predicted molar refractivity (Wildman–Crippen MR) is 102 cm³/mol. The van der Waals surface area contributed by atoms with Gasteiger partial charge in [0.05, 0.1) is 19.5 Å². The molecule has 2 heterocycles. The van der Waals surface area contributed by atoms with Gasteiger partial charge in [-0.15, -0.1) is 0 Å². The molecule has 1 N–H and O–H groups in total. The number of aromatic nitrogens is 2. The molecule has 0 bridgehead atoms. The zero-order valence-corrected chi connectivity index (χ0v) is 15.7. The van der Waals surface area contributed by atoms with E-state index in [1.54, 1.807) is 4.90 Å². The van der Waals surface area contributed by atoms with Crippen LogP contribution in [0.5, 0.6) is 5.88 Å². The lowest BCUT2D eigenvalue weighted by molar-refractivity contribution is 0.197. The predicted octanol–water partition coefficient (Wildman–Crippen LogP) is 3.89. The van der Waals surface area contributed by atoms with E-state index in [-0.39, 0.29) is 17.8 Å². The van der Waals surface area contributed by atoms with E-state index in [2.05, 4.69) is 22.2 Å². The number of carbonyl (C=O) groups is 1. The van der Waals surface area contributed by atoms with Crippen LogP contribution < -0.4 is 10.1 Å². The average Bonchev–Trinajstić information content (AvgIpc) is 2.63. The van der Waals surface area contributed by atoms with Gasteiger partial charge in [-0.25, -0.2) is 19.2 Å². The number of benzene rings is 1. The largest absolute Gasteiger partial charge is 0.480 e. The fourth-order valence-corrected chi connectivity index (χ4v) is 3.19. The first-order valence-corrected chi connectivity index (χ1v) is 8.84. The third-order valence-electron chi connectivity index (χ3n) is 4.57. The summed E-state index contributed by atoms with van der Waals surface area (Å²) in [5.41, 5.74) is 2.97. The molecule has 1 saturated heterocycles. The quantitative estimate of drug-likeness (QED) is 0.890. The molecule has 0 saturated carbocycles. The molecule has 0 radical (unpaired) electrons.